The Morgan fingerprint density at radius 2 is 2.14 bits per heavy atom. The van der Waals surface area contributed by atoms with E-state index < -0.39 is 6.10 Å². The molecule has 1 amide bonds. The minimum Gasteiger partial charge on any atom is -0.389 e. The number of amides is 1. The summed E-state index contributed by atoms with van der Waals surface area (Å²) in [5.41, 5.74) is 0. The summed E-state index contributed by atoms with van der Waals surface area (Å²) in [6.45, 7) is 8.51. The minimum absolute atomic E-state index is 0.0757. The highest BCUT2D eigenvalue weighted by Crippen LogP contribution is 2.17. The Labute approximate surface area is 135 Å². The molecule has 1 aromatic rings. The van der Waals surface area contributed by atoms with E-state index in [0.717, 1.165) is 29.4 Å². The third-order valence-corrected chi connectivity index (χ3v) is 4.84. The van der Waals surface area contributed by atoms with E-state index in [-0.39, 0.29) is 5.91 Å². The molecule has 1 atom stereocenters. The number of carbonyl (C=O) groups is 1. The lowest BCUT2D eigenvalue weighted by molar-refractivity contribution is 0.0112. The average Bonchev–Trinajstić information content (AvgIpc) is 3.02. The van der Waals surface area contributed by atoms with Crippen molar-refractivity contribution in [2.45, 2.75) is 26.4 Å². The lowest BCUT2D eigenvalue weighted by Gasteiger charge is -2.35. The third kappa shape index (κ3) is 4.74. The minimum atomic E-state index is -0.462. The molecule has 1 saturated heterocycles. The Morgan fingerprint density at radius 1 is 1.41 bits per heavy atom. The molecule has 0 saturated carbocycles. The quantitative estimate of drug-likeness (QED) is 0.805. The Bertz CT molecular complexity index is 472. The molecule has 1 aliphatic heterocycles. The first-order valence-electron chi connectivity index (χ1n) is 7.86. The van der Waals surface area contributed by atoms with Crippen molar-refractivity contribution in [2.24, 2.45) is 0 Å². The van der Waals surface area contributed by atoms with E-state index >= 15 is 0 Å². The smallest absolute Gasteiger partial charge is 0.265 e. The third-order valence-electron chi connectivity index (χ3n) is 3.71. The van der Waals surface area contributed by atoms with Crippen LogP contribution in [0.1, 0.15) is 28.5 Å². The standard InChI is InChI=1S/C15H25N3O3S/c1-3-14-16-9-13(22-14)15(20)18-7-5-17(6-8-18)10-12(19)11-21-4-2/h9,12,19H,3-8,10-11H2,1-2H3/t12-/m1/s1. The average molecular weight is 327 g/mol. The van der Waals surface area contributed by atoms with E-state index in [0.29, 0.717) is 32.8 Å². The molecule has 22 heavy (non-hydrogen) atoms. The molecule has 0 unspecified atom stereocenters. The van der Waals surface area contributed by atoms with Crippen LogP contribution in [-0.4, -0.2) is 77.8 Å². The van der Waals surface area contributed by atoms with Gasteiger partial charge in [-0.3, -0.25) is 9.69 Å². The molecule has 1 aliphatic rings. The normalized spacial score (nSPS) is 17.7. The van der Waals surface area contributed by atoms with Gasteiger partial charge in [0, 0.05) is 39.3 Å². The molecule has 1 N–H and O–H groups in total. The van der Waals surface area contributed by atoms with Gasteiger partial charge in [-0.25, -0.2) is 4.98 Å². The maximum absolute atomic E-state index is 12.4. The topological polar surface area (TPSA) is 65.9 Å². The summed E-state index contributed by atoms with van der Waals surface area (Å²) in [7, 11) is 0. The van der Waals surface area contributed by atoms with Gasteiger partial charge >= 0.3 is 0 Å². The predicted octanol–water partition coefficient (Wildman–Crippen LogP) is 0.861. The Hall–Kier alpha value is -1.02. The Balaban J connectivity index is 1.77. The molecule has 124 valence electrons. The van der Waals surface area contributed by atoms with Crippen LogP contribution in [0.2, 0.25) is 0 Å². The molecular formula is C15H25N3O3S. The van der Waals surface area contributed by atoms with Crippen LogP contribution >= 0.6 is 11.3 Å². The summed E-state index contributed by atoms with van der Waals surface area (Å²) in [6.07, 6.45) is 2.09. The number of thiazole rings is 1. The molecule has 7 heteroatoms. The number of aliphatic hydroxyl groups is 1. The number of rotatable bonds is 7. The lowest BCUT2D eigenvalue weighted by atomic mass is 10.2. The van der Waals surface area contributed by atoms with Crippen LogP contribution in [0.4, 0.5) is 0 Å². The van der Waals surface area contributed by atoms with Crippen LogP contribution in [0, 0.1) is 0 Å². The number of ether oxygens (including phenoxy) is 1. The van der Waals surface area contributed by atoms with Gasteiger partial charge in [0.25, 0.3) is 5.91 Å². The highest BCUT2D eigenvalue weighted by Gasteiger charge is 2.24. The molecular weight excluding hydrogens is 302 g/mol. The molecule has 2 heterocycles. The number of carbonyl (C=O) groups excluding carboxylic acids is 1. The van der Waals surface area contributed by atoms with Gasteiger partial charge in [-0.05, 0) is 13.3 Å². The Kier molecular flexibility index (Phi) is 6.75. The highest BCUT2D eigenvalue weighted by atomic mass is 32.1. The van der Waals surface area contributed by atoms with Gasteiger partial charge < -0.3 is 14.7 Å². The van der Waals surface area contributed by atoms with Gasteiger partial charge in [-0.1, -0.05) is 6.92 Å². The van der Waals surface area contributed by atoms with Crippen molar-refractivity contribution in [1.29, 1.82) is 0 Å². The van der Waals surface area contributed by atoms with E-state index in [4.69, 9.17) is 4.74 Å². The maximum atomic E-state index is 12.4. The molecule has 6 nitrogen and oxygen atoms in total. The Morgan fingerprint density at radius 3 is 2.73 bits per heavy atom. The molecule has 0 aliphatic carbocycles. The second kappa shape index (κ2) is 8.57. The summed E-state index contributed by atoms with van der Waals surface area (Å²) in [5, 5.41) is 10.9. The van der Waals surface area contributed by atoms with Crippen molar-refractivity contribution in [3.63, 3.8) is 0 Å². The zero-order valence-corrected chi connectivity index (χ0v) is 14.1. The predicted molar refractivity (Wildman–Crippen MR) is 86.3 cm³/mol. The van der Waals surface area contributed by atoms with Gasteiger partial charge in [0.05, 0.1) is 23.9 Å². The van der Waals surface area contributed by atoms with Crippen LogP contribution in [0.3, 0.4) is 0 Å². The fourth-order valence-electron chi connectivity index (χ4n) is 2.47. The van der Waals surface area contributed by atoms with Crippen LogP contribution in [0.25, 0.3) is 0 Å². The SMILES string of the molecule is CCOC[C@H](O)CN1CCN(C(=O)c2cnc(CC)s2)CC1. The van der Waals surface area contributed by atoms with E-state index in [1.807, 2.05) is 18.7 Å². The molecule has 2 rings (SSSR count). The zero-order valence-electron chi connectivity index (χ0n) is 13.3. The van der Waals surface area contributed by atoms with Crippen LogP contribution < -0.4 is 0 Å². The number of hydrogen-bond acceptors (Lipinski definition) is 6. The van der Waals surface area contributed by atoms with Crippen LogP contribution in [0.5, 0.6) is 0 Å². The molecule has 0 spiro atoms. The molecule has 1 fully saturated rings. The highest BCUT2D eigenvalue weighted by molar-refractivity contribution is 7.13. The number of piperazine rings is 1. The number of aliphatic hydroxyl groups excluding tert-OH is 1. The van der Waals surface area contributed by atoms with Crippen molar-refractivity contribution in [2.75, 3.05) is 45.9 Å². The van der Waals surface area contributed by atoms with Crippen molar-refractivity contribution < 1.29 is 14.6 Å². The van der Waals surface area contributed by atoms with Gasteiger partial charge in [0.1, 0.15) is 4.88 Å². The van der Waals surface area contributed by atoms with E-state index in [1.54, 1.807) is 6.20 Å². The summed E-state index contributed by atoms with van der Waals surface area (Å²) in [4.78, 5) is 21.4. The van der Waals surface area contributed by atoms with Crippen molar-refractivity contribution >= 4 is 17.2 Å². The van der Waals surface area contributed by atoms with Crippen LogP contribution in [0.15, 0.2) is 6.20 Å². The molecule has 0 aromatic carbocycles. The number of aromatic nitrogens is 1. The van der Waals surface area contributed by atoms with E-state index in [9.17, 15) is 9.90 Å². The fraction of sp³-hybridized carbons (Fsp3) is 0.733. The van der Waals surface area contributed by atoms with Crippen molar-refractivity contribution in [3.05, 3.63) is 16.1 Å². The first-order chi connectivity index (χ1) is 10.6. The maximum Gasteiger partial charge on any atom is 0.265 e. The van der Waals surface area contributed by atoms with Gasteiger partial charge in [0.2, 0.25) is 0 Å². The summed E-state index contributed by atoms with van der Waals surface area (Å²) in [5.74, 6) is 0.0757. The number of β-amino-alcohol motifs (C(OH)–C–C–N with tert-alkyl or cyclic N) is 1. The van der Waals surface area contributed by atoms with E-state index in [2.05, 4.69) is 9.88 Å². The van der Waals surface area contributed by atoms with Gasteiger partial charge in [-0.15, -0.1) is 11.3 Å². The van der Waals surface area contributed by atoms with Crippen molar-refractivity contribution in [1.82, 2.24) is 14.8 Å². The second-order valence-electron chi connectivity index (χ2n) is 5.38. The molecule has 1 aromatic heterocycles. The molecule has 0 radical (unpaired) electrons. The first kappa shape index (κ1) is 17.3. The number of aryl methyl sites for hydroxylation is 1. The monoisotopic (exact) mass is 327 g/mol. The summed E-state index contributed by atoms with van der Waals surface area (Å²) >= 11 is 1.48. The summed E-state index contributed by atoms with van der Waals surface area (Å²) < 4.78 is 5.22. The molecule has 0 bridgehead atoms. The number of hydrogen-bond donors (Lipinski definition) is 1. The van der Waals surface area contributed by atoms with Crippen molar-refractivity contribution in [3.8, 4) is 0 Å². The second-order valence-corrected chi connectivity index (χ2v) is 6.49. The van der Waals surface area contributed by atoms with Crippen LogP contribution in [-0.2, 0) is 11.2 Å². The van der Waals surface area contributed by atoms with E-state index in [1.165, 1.54) is 11.3 Å². The fourth-order valence-corrected chi connectivity index (χ4v) is 3.29. The van der Waals surface area contributed by atoms with Gasteiger partial charge in [0.15, 0.2) is 0 Å². The van der Waals surface area contributed by atoms with Gasteiger partial charge in [-0.2, -0.15) is 0 Å². The lowest BCUT2D eigenvalue weighted by Crippen LogP contribution is -2.50. The first-order valence-corrected chi connectivity index (χ1v) is 8.67. The largest absolute Gasteiger partial charge is 0.389 e. The summed E-state index contributed by atoms with van der Waals surface area (Å²) in [6, 6.07) is 0. The zero-order chi connectivity index (χ0) is 15.9. The number of nitrogens with zero attached hydrogens (tertiary/aromatic N) is 3.